The van der Waals surface area contributed by atoms with Crippen LogP contribution in [-0.2, 0) is 22.4 Å². The van der Waals surface area contributed by atoms with Crippen molar-refractivity contribution in [2.45, 2.75) is 39.2 Å². The number of hydrogen-bond acceptors (Lipinski definition) is 5. The fourth-order valence-corrected chi connectivity index (χ4v) is 3.19. The topological polar surface area (TPSA) is 85.6 Å². The molecule has 1 unspecified atom stereocenters. The summed E-state index contributed by atoms with van der Waals surface area (Å²) in [7, 11) is 0. The van der Waals surface area contributed by atoms with Gasteiger partial charge < -0.3 is 10.1 Å². The fraction of sp³-hybridized carbons (Fsp3) is 0.333. The van der Waals surface area contributed by atoms with Gasteiger partial charge in [0.2, 0.25) is 0 Å². The first-order valence-electron chi connectivity index (χ1n) is 9.58. The van der Waals surface area contributed by atoms with Gasteiger partial charge in [0.15, 0.2) is 5.65 Å². The number of aryl methyl sites for hydroxylation is 1. The quantitative estimate of drug-likeness (QED) is 0.572. The van der Waals surface area contributed by atoms with Crippen molar-refractivity contribution in [1.29, 1.82) is 0 Å². The molecule has 0 saturated heterocycles. The number of amides is 1. The average Bonchev–Trinajstić information content (AvgIpc) is 3.12. The fourth-order valence-electron chi connectivity index (χ4n) is 3.06. The van der Waals surface area contributed by atoms with E-state index in [0.29, 0.717) is 22.7 Å². The van der Waals surface area contributed by atoms with Crippen molar-refractivity contribution in [3.8, 4) is 0 Å². The van der Waals surface area contributed by atoms with Gasteiger partial charge in [0, 0.05) is 24.1 Å². The molecule has 152 valence electrons. The summed E-state index contributed by atoms with van der Waals surface area (Å²) in [5.74, 6) is -0.103. The molecule has 0 fully saturated rings. The number of ether oxygens (including phenoxy) is 1. The highest BCUT2D eigenvalue weighted by Gasteiger charge is 2.25. The van der Waals surface area contributed by atoms with E-state index in [-0.39, 0.29) is 6.61 Å². The minimum atomic E-state index is -0.832. The number of benzene rings is 1. The molecule has 3 rings (SSSR count). The lowest BCUT2D eigenvalue weighted by atomic mass is 10.1. The highest BCUT2D eigenvalue weighted by molar-refractivity contribution is 6.30. The number of aromatic nitrogens is 3. The standard InChI is InChI=1S/C21H23ClN4O3/c1-3-6-18-24-25-19-16(7-5-12-26(18)19)20(27)23-17(21(28)29-4-2)13-14-8-10-15(22)11-9-14/h5,7-12,17H,3-4,6,13H2,1-2H3,(H,23,27). The summed E-state index contributed by atoms with van der Waals surface area (Å²) in [5.41, 5.74) is 1.67. The predicted molar refractivity (Wildman–Crippen MR) is 110 cm³/mol. The summed E-state index contributed by atoms with van der Waals surface area (Å²) in [5, 5.41) is 11.7. The Labute approximate surface area is 174 Å². The van der Waals surface area contributed by atoms with Gasteiger partial charge in [0.25, 0.3) is 5.91 Å². The predicted octanol–water partition coefficient (Wildman–Crippen LogP) is 3.24. The Balaban J connectivity index is 1.85. The Bertz CT molecular complexity index is 1000. The highest BCUT2D eigenvalue weighted by atomic mass is 35.5. The van der Waals surface area contributed by atoms with E-state index in [9.17, 15) is 9.59 Å². The molecule has 2 heterocycles. The Kier molecular flexibility index (Phi) is 6.82. The number of pyridine rings is 1. The molecule has 0 aliphatic rings. The lowest BCUT2D eigenvalue weighted by Gasteiger charge is -2.17. The maximum atomic E-state index is 13.0. The van der Waals surface area contributed by atoms with Gasteiger partial charge in [-0.15, -0.1) is 10.2 Å². The van der Waals surface area contributed by atoms with E-state index in [0.717, 1.165) is 24.2 Å². The molecule has 0 aliphatic heterocycles. The number of carbonyl (C=O) groups is 2. The van der Waals surface area contributed by atoms with E-state index in [1.807, 2.05) is 18.3 Å². The van der Waals surface area contributed by atoms with Crippen LogP contribution in [0.4, 0.5) is 0 Å². The number of halogens is 1. The van der Waals surface area contributed by atoms with E-state index < -0.39 is 17.9 Å². The number of carbonyl (C=O) groups excluding carboxylic acids is 2. The third kappa shape index (κ3) is 4.92. The molecule has 0 saturated carbocycles. The summed E-state index contributed by atoms with van der Waals surface area (Å²) in [6, 6.07) is 9.72. The van der Waals surface area contributed by atoms with E-state index in [4.69, 9.17) is 16.3 Å². The zero-order valence-corrected chi connectivity index (χ0v) is 17.1. The molecular weight excluding hydrogens is 392 g/mol. The molecule has 0 aliphatic carbocycles. The number of fused-ring (bicyclic) bond motifs is 1. The van der Waals surface area contributed by atoms with E-state index in [1.54, 1.807) is 35.6 Å². The molecule has 1 atom stereocenters. The zero-order chi connectivity index (χ0) is 20.8. The molecule has 1 N–H and O–H groups in total. The monoisotopic (exact) mass is 414 g/mol. The second-order valence-corrected chi connectivity index (χ2v) is 7.03. The van der Waals surface area contributed by atoms with Gasteiger partial charge in [-0.2, -0.15) is 0 Å². The molecule has 0 radical (unpaired) electrons. The lowest BCUT2D eigenvalue weighted by molar-refractivity contribution is -0.145. The third-order valence-electron chi connectivity index (χ3n) is 4.45. The number of esters is 1. The Hall–Kier alpha value is -2.93. The SMILES string of the molecule is CCCc1nnc2c(C(=O)NC(Cc3ccc(Cl)cc3)C(=O)OCC)cccn12. The minimum Gasteiger partial charge on any atom is -0.464 e. The van der Waals surface area contributed by atoms with Crippen molar-refractivity contribution in [3.05, 3.63) is 64.6 Å². The summed E-state index contributed by atoms with van der Waals surface area (Å²) in [4.78, 5) is 25.4. The molecule has 2 aromatic heterocycles. The van der Waals surface area contributed by atoms with Crippen LogP contribution in [0.5, 0.6) is 0 Å². The first-order chi connectivity index (χ1) is 14.0. The van der Waals surface area contributed by atoms with Gasteiger partial charge in [-0.25, -0.2) is 4.79 Å². The molecule has 0 spiro atoms. The van der Waals surface area contributed by atoms with Crippen LogP contribution < -0.4 is 5.32 Å². The van der Waals surface area contributed by atoms with Crippen molar-refractivity contribution in [2.24, 2.45) is 0 Å². The number of rotatable bonds is 8. The lowest BCUT2D eigenvalue weighted by Crippen LogP contribution is -2.43. The smallest absolute Gasteiger partial charge is 0.328 e. The van der Waals surface area contributed by atoms with Gasteiger partial charge in [0.05, 0.1) is 12.2 Å². The molecule has 8 heteroatoms. The second-order valence-electron chi connectivity index (χ2n) is 6.59. The Morgan fingerprint density at radius 2 is 1.93 bits per heavy atom. The van der Waals surface area contributed by atoms with Crippen molar-refractivity contribution in [1.82, 2.24) is 19.9 Å². The van der Waals surface area contributed by atoms with E-state index in [1.165, 1.54) is 0 Å². The summed E-state index contributed by atoms with van der Waals surface area (Å²) in [6.07, 6.45) is 3.80. The molecule has 1 amide bonds. The van der Waals surface area contributed by atoms with Crippen LogP contribution in [0.2, 0.25) is 5.02 Å². The van der Waals surface area contributed by atoms with Crippen LogP contribution in [0.15, 0.2) is 42.6 Å². The van der Waals surface area contributed by atoms with Crippen molar-refractivity contribution >= 4 is 29.1 Å². The summed E-state index contributed by atoms with van der Waals surface area (Å²) < 4.78 is 6.95. The second kappa shape index (κ2) is 9.52. The maximum absolute atomic E-state index is 13.0. The first kappa shape index (κ1) is 20.8. The largest absolute Gasteiger partial charge is 0.464 e. The average molecular weight is 415 g/mol. The number of nitrogens with zero attached hydrogens (tertiary/aromatic N) is 3. The molecule has 1 aromatic carbocycles. The van der Waals surface area contributed by atoms with Crippen LogP contribution in [-0.4, -0.2) is 39.1 Å². The van der Waals surface area contributed by atoms with Gasteiger partial charge in [0.1, 0.15) is 11.9 Å². The third-order valence-corrected chi connectivity index (χ3v) is 4.71. The molecule has 0 bridgehead atoms. The Morgan fingerprint density at radius 1 is 1.17 bits per heavy atom. The van der Waals surface area contributed by atoms with E-state index in [2.05, 4.69) is 22.4 Å². The van der Waals surface area contributed by atoms with Crippen LogP contribution in [0.3, 0.4) is 0 Å². The van der Waals surface area contributed by atoms with Gasteiger partial charge in [-0.3, -0.25) is 9.20 Å². The molecular formula is C21H23ClN4O3. The number of hydrogen-bond donors (Lipinski definition) is 1. The van der Waals surface area contributed by atoms with Crippen LogP contribution in [0, 0.1) is 0 Å². The van der Waals surface area contributed by atoms with Gasteiger partial charge in [-0.1, -0.05) is 30.7 Å². The van der Waals surface area contributed by atoms with Crippen molar-refractivity contribution in [3.63, 3.8) is 0 Å². The van der Waals surface area contributed by atoms with E-state index >= 15 is 0 Å². The normalized spacial score (nSPS) is 12.0. The molecule has 7 nitrogen and oxygen atoms in total. The first-order valence-corrected chi connectivity index (χ1v) is 9.95. The van der Waals surface area contributed by atoms with Crippen LogP contribution >= 0.6 is 11.6 Å². The van der Waals surface area contributed by atoms with Crippen molar-refractivity contribution in [2.75, 3.05) is 6.61 Å². The summed E-state index contributed by atoms with van der Waals surface area (Å²) in [6.45, 7) is 4.01. The van der Waals surface area contributed by atoms with Gasteiger partial charge in [-0.05, 0) is 43.2 Å². The molecule has 29 heavy (non-hydrogen) atoms. The van der Waals surface area contributed by atoms with Crippen LogP contribution in [0.1, 0.15) is 42.0 Å². The van der Waals surface area contributed by atoms with Crippen molar-refractivity contribution < 1.29 is 14.3 Å². The zero-order valence-electron chi connectivity index (χ0n) is 16.4. The van der Waals surface area contributed by atoms with Crippen LogP contribution in [0.25, 0.3) is 5.65 Å². The Morgan fingerprint density at radius 3 is 2.62 bits per heavy atom. The highest BCUT2D eigenvalue weighted by Crippen LogP contribution is 2.14. The maximum Gasteiger partial charge on any atom is 0.328 e. The molecule has 3 aromatic rings. The van der Waals surface area contributed by atoms with Gasteiger partial charge >= 0.3 is 5.97 Å². The minimum absolute atomic E-state index is 0.228. The number of nitrogens with one attached hydrogen (secondary N) is 1. The summed E-state index contributed by atoms with van der Waals surface area (Å²) >= 11 is 5.93.